The van der Waals surface area contributed by atoms with Crippen LogP contribution in [0.15, 0.2) is 17.5 Å². The van der Waals surface area contributed by atoms with Crippen LogP contribution in [-0.4, -0.2) is 32.8 Å². The normalized spacial score (nSPS) is 23.4. The number of nitrogens with one attached hydrogen (secondary N) is 1. The largest absolute Gasteiger partial charge is 0.492 e. The van der Waals surface area contributed by atoms with Crippen LogP contribution in [0.3, 0.4) is 0 Å². The third-order valence-electron chi connectivity index (χ3n) is 4.72. The molecule has 3 aromatic heterocycles. The van der Waals surface area contributed by atoms with E-state index in [2.05, 4.69) is 34.5 Å². The average Bonchev–Trinajstić information content (AvgIpc) is 3.22. The number of nitrogens with zero attached hydrogens (tertiary/aromatic N) is 3. The molecule has 4 heterocycles. The van der Waals surface area contributed by atoms with Gasteiger partial charge in [-0.2, -0.15) is 4.52 Å². The lowest BCUT2D eigenvalue weighted by atomic mass is 9.97. The molecule has 0 amide bonds. The van der Waals surface area contributed by atoms with E-state index in [1.54, 1.807) is 32.1 Å². The van der Waals surface area contributed by atoms with Gasteiger partial charge in [-0.25, -0.2) is 4.98 Å². The maximum atomic E-state index is 10.7. The van der Waals surface area contributed by atoms with Crippen molar-refractivity contribution in [2.45, 2.75) is 32.7 Å². The first-order chi connectivity index (χ1) is 11.1. The van der Waals surface area contributed by atoms with E-state index >= 15 is 0 Å². The molecule has 7 heteroatoms. The number of rotatable bonds is 3. The molecule has 1 aliphatic heterocycles. The van der Waals surface area contributed by atoms with Crippen molar-refractivity contribution in [3.63, 3.8) is 0 Å². The van der Waals surface area contributed by atoms with Crippen LogP contribution in [0.4, 0.5) is 0 Å². The summed E-state index contributed by atoms with van der Waals surface area (Å²) in [6, 6.07) is 4.47. The second-order valence-electron chi connectivity index (χ2n) is 6.43. The Hall–Kier alpha value is -1.44. The number of fused-ring (bicyclic) bond motifs is 1. The Morgan fingerprint density at radius 2 is 2.17 bits per heavy atom. The van der Waals surface area contributed by atoms with Crippen molar-refractivity contribution in [1.82, 2.24) is 14.6 Å². The lowest BCUT2D eigenvalue weighted by Crippen LogP contribution is -3.13. The summed E-state index contributed by atoms with van der Waals surface area (Å²) in [5.41, 5.74) is 0. The lowest BCUT2D eigenvalue weighted by molar-refractivity contribution is -0.930. The van der Waals surface area contributed by atoms with Gasteiger partial charge in [0.05, 0.1) is 18.0 Å². The molecular weight excluding hydrogens is 328 g/mol. The average molecular weight is 350 g/mol. The van der Waals surface area contributed by atoms with Crippen molar-refractivity contribution in [1.29, 1.82) is 0 Å². The summed E-state index contributed by atoms with van der Waals surface area (Å²) in [7, 11) is 0. The zero-order valence-corrected chi connectivity index (χ0v) is 15.0. The van der Waals surface area contributed by atoms with Crippen molar-refractivity contribution in [2.75, 3.05) is 13.1 Å². The van der Waals surface area contributed by atoms with Crippen molar-refractivity contribution in [3.8, 4) is 5.88 Å². The van der Waals surface area contributed by atoms with Gasteiger partial charge in [-0.3, -0.25) is 0 Å². The van der Waals surface area contributed by atoms with Crippen LogP contribution in [0.1, 0.15) is 41.4 Å². The lowest BCUT2D eigenvalue weighted by Gasteiger charge is -2.32. The van der Waals surface area contributed by atoms with Gasteiger partial charge in [0.25, 0.3) is 0 Å². The monoisotopic (exact) mass is 349 g/mol. The van der Waals surface area contributed by atoms with Crippen molar-refractivity contribution in [2.24, 2.45) is 5.92 Å². The number of thiazole rings is 1. The van der Waals surface area contributed by atoms with Crippen LogP contribution in [0, 0.1) is 12.8 Å². The number of quaternary nitrogens is 1. The summed E-state index contributed by atoms with van der Waals surface area (Å²) in [6.45, 7) is 6.48. The minimum Gasteiger partial charge on any atom is -0.492 e. The molecule has 0 unspecified atom stereocenters. The van der Waals surface area contributed by atoms with E-state index in [1.165, 1.54) is 17.7 Å². The number of hydrogen-bond acceptors (Lipinski definition) is 5. The van der Waals surface area contributed by atoms with Crippen molar-refractivity contribution >= 4 is 27.6 Å². The fourth-order valence-corrected chi connectivity index (χ4v) is 5.57. The zero-order chi connectivity index (χ0) is 16.0. The van der Waals surface area contributed by atoms with E-state index in [0.717, 1.165) is 28.8 Å². The van der Waals surface area contributed by atoms with E-state index in [-0.39, 0.29) is 11.9 Å². The molecule has 0 aliphatic carbocycles. The molecule has 3 aromatic rings. The quantitative estimate of drug-likeness (QED) is 0.763. The number of likely N-dealkylation sites (tertiary alicyclic amines) is 1. The molecule has 4 rings (SSSR count). The molecule has 5 nitrogen and oxygen atoms in total. The van der Waals surface area contributed by atoms with Gasteiger partial charge in [0, 0.05) is 0 Å². The summed E-state index contributed by atoms with van der Waals surface area (Å²) in [6.07, 6.45) is 2.50. The highest BCUT2D eigenvalue weighted by Crippen LogP contribution is 2.36. The van der Waals surface area contributed by atoms with Gasteiger partial charge >= 0.3 is 0 Å². The molecule has 0 saturated carbocycles. The minimum atomic E-state index is 0.191. The Kier molecular flexibility index (Phi) is 3.87. The molecule has 0 bridgehead atoms. The number of aromatic hydroxyl groups is 1. The Morgan fingerprint density at radius 3 is 2.83 bits per heavy atom. The first-order valence-electron chi connectivity index (χ1n) is 8.06. The number of hydrogen-bond donors (Lipinski definition) is 2. The van der Waals surface area contributed by atoms with Gasteiger partial charge in [0.15, 0.2) is 6.04 Å². The molecule has 0 radical (unpaired) electrons. The first kappa shape index (κ1) is 15.1. The fraction of sp³-hybridized carbons (Fsp3) is 0.500. The van der Waals surface area contributed by atoms with E-state index in [9.17, 15) is 5.11 Å². The highest BCUT2D eigenvalue weighted by Gasteiger charge is 2.35. The maximum absolute atomic E-state index is 10.7. The second kappa shape index (κ2) is 5.89. The smallest absolute Gasteiger partial charge is 0.235 e. The predicted molar refractivity (Wildman–Crippen MR) is 92.5 cm³/mol. The van der Waals surface area contributed by atoms with Crippen LogP contribution >= 0.6 is 22.7 Å². The van der Waals surface area contributed by atoms with Crippen molar-refractivity contribution < 1.29 is 10.0 Å². The summed E-state index contributed by atoms with van der Waals surface area (Å²) >= 11 is 3.34. The molecule has 0 spiro atoms. The summed E-state index contributed by atoms with van der Waals surface area (Å²) < 4.78 is 1.59. The molecule has 1 saturated heterocycles. The Labute approximate surface area is 143 Å². The molecule has 23 heavy (non-hydrogen) atoms. The van der Waals surface area contributed by atoms with E-state index < -0.39 is 0 Å². The van der Waals surface area contributed by atoms with E-state index in [0.29, 0.717) is 5.82 Å². The predicted octanol–water partition coefficient (Wildman–Crippen LogP) is 2.27. The van der Waals surface area contributed by atoms with Crippen LogP contribution < -0.4 is 4.90 Å². The van der Waals surface area contributed by atoms with Gasteiger partial charge in [-0.1, -0.05) is 24.3 Å². The number of aryl methyl sites for hydroxylation is 1. The van der Waals surface area contributed by atoms with Crippen LogP contribution in [0.5, 0.6) is 5.88 Å². The van der Waals surface area contributed by atoms with Crippen LogP contribution in [0.2, 0.25) is 0 Å². The standard InChI is InChI=1S/C16H20N4OS2/c1-10-5-7-19(8-6-10)13(12-4-3-9-22-12)14-15(21)20-16(23-14)17-11(2)18-20/h3-4,9-10,13,21H,5-8H2,1-2H3/p+1/t13-/m1/s1. The number of aromatic nitrogens is 3. The van der Waals surface area contributed by atoms with Crippen LogP contribution in [-0.2, 0) is 0 Å². The number of thiophene rings is 1. The Bertz CT molecular complexity index is 800. The molecule has 0 aromatic carbocycles. The first-order valence-corrected chi connectivity index (χ1v) is 9.76. The summed E-state index contributed by atoms with van der Waals surface area (Å²) in [5.74, 6) is 1.77. The number of piperidine rings is 1. The second-order valence-corrected chi connectivity index (χ2v) is 8.42. The highest BCUT2D eigenvalue weighted by molar-refractivity contribution is 7.17. The maximum Gasteiger partial charge on any atom is 0.235 e. The Balaban J connectivity index is 1.77. The van der Waals surface area contributed by atoms with Gasteiger partial charge in [-0.05, 0) is 37.1 Å². The third-order valence-corrected chi connectivity index (χ3v) is 6.74. The third kappa shape index (κ3) is 2.66. The summed E-state index contributed by atoms with van der Waals surface area (Å²) in [4.78, 5) is 9.05. The topological polar surface area (TPSA) is 54.9 Å². The van der Waals surface area contributed by atoms with Gasteiger partial charge in [0.1, 0.15) is 10.7 Å². The van der Waals surface area contributed by atoms with Gasteiger partial charge in [-0.15, -0.1) is 16.4 Å². The molecule has 1 fully saturated rings. The fourth-order valence-electron chi connectivity index (χ4n) is 3.43. The molecule has 122 valence electrons. The molecular formula is C16H21N4OS2+. The minimum absolute atomic E-state index is 0.191. The van der Waals surface area contributed by atoms with Crippen molar-refractivity contribution in [3.05, 3.63) is 33.1 Å². The Morgan fingerprint density at radius 1 is 1.39 bits per heavy atom. The van der Waals surface area contributed by atoms with Gasteiger partial charge < -0.3 is 10.0 Å². The zero-order valence-electron chi connectivity index (χ0n) is 13.3. The molecule has 1 aliphatic rings. The van der Waals surface area contributed by atoms with E-state index in [4.69, 9.17) is 0 Å². The molecule has 2 N–H and O–H groups in total. The van der Waals surface area contributed by atoms with Crippen LogP contribution in [0.25, 0.3) is 4.96 Å². The molecule has 1 atom stereocenters. The SMILES string of the molecule is Cc1nc2sc([C@@H](c3cccs3)[NH+]3CCC(C)CC3)c(O)n2n1. The summed E-state index contributed by atoms with van der Waals surface area (Å²) in [5, 5.41) is 17.1. The highest BCUT2D eigenvalue weighted by atomic mass is 32.1. The van der Waals surface area contributed by atoms with E-state index in [1.807, 2.05) is 6.92 Å². The van der Waals surface area contributed by atoms with Gasteiger partial charge in [0.2, 0.25) is 10.8 Å².